The van der Waals surface area contributed by atoms with E-state index in [-0.39, 0.29) is 55.3 Å². The van der Waals surface area contributed by atoms with Gasteiger partial charge in [-0.3, -0.25) is 19.2 Å². The highest BCUT2D eigenvalue weighted by Gasteiger charge is 2.77. The summed E-state index contributed by atoms with van der Waals surface area (Å²) in [5, 5.41) is 21.0. The number of fused-ring (bicyclic) bond motifs is 2. The summed E-state index contributed by atoms with van der Waals surface area (Å²) in [7, 11) is 0. The van der Waals surface area contributed by atoms with Crippen molar-refractivity contribution in [2.24, 2.45) is 11.8 Å². The number of allylic oxidation sites excluding steroid dienone is 1. The van der Waals surface area contributed by atoms with Gasteiger partial charge in [0.05, 0.1) is 29.5 Å². The lowest BCUT2D eigenvalue weighted by molar-refractivity contribution is -0.162. The number of hydrogen-bond donors (Lipinski definition) is 2. The first-order valence-electron chi connectivity index (χ1n) is 17.7. The number of ether oxygens (including phenoxy) is 2. The Balaban J connectivity index is 1.32. The van der Waals surface area contributed by atoms with Gasteiger partial charge in [0, 0.05) is 30.9 Å². The van der Waals surface area contributed by atoms with E-state index < -0.39 is 47.7 Å². The van der Waals surface area contributed by atoms with Crippen LogP contribution in [0.5, 0.6) is 0 Å². The van der Waals surface area contributed by atoms with Crippen molar-refractivity contribution in [1.82, 2.24) is 30.1 Å². The minimum absolute atomic E-state index is 0.0447. The Kier molecular flexibility index (Phi) is 11.6. The summed E-state index contributed by atoms with van der Waals surface area (Å²) in [6.07, 6.45) is 3.60. The Morgan fingerprint density at radius 2 is 1.90 bits per heavy atom. The number of carbonyl (C=O) groups is 4. The normalized spacial score (nSPS) is 25.8. The Bertz CT molecular complexity index is 1800. The molecular weight excluding hydrogens is 732 g/mol. The van der Waals surface area contributed by atoms with Gasteiger partial charge in [-0.15, -0.1) is 18.3 Å². The predicted octanol–water partition coefficient (Wildman–Crippen LogP) is 3.68. The highest BCUT2D eigenvalue weighted by atomic mass is 79.9. The molecule has 1 spiro atoms. The van der Waals surface area contributed by atoms with Crippen LogP contribution in [0.1, 0.15) is 50.7 Å². The van der Waals surface area contributed by atoms with Crippen LogP contribution in [0.15, 0.2) is 79.9 Å². The zero-order valence-electron chi connectivity index (χ0n) is 29.2. The number of aliphatic hydroxyl groups is 1. The smallest absolute Gasteiger partial charge is 0.313 e. The van der Waals surface area contributed by atoms with Crippen molar-refractivity contribution in [3.05, 3.63) is 85.5 Å². The first-order chi connectivity index (χ1) is 25.1. The maximum atomic E-state index is 14.8. The van der Waals surface area contributed by atoms with Gasteiger partial charge in [0.1, 0.15) is 29.9 Å². The number of likely N-dealkylation sites (tertiary alicyclic amines) is 1. The van der Waals surface area contributed by atoms with E-state index in [0.717, 1.165) is 5.52 Å². The number of aliphatic hydroxyl groups excluding tert-OH is 1. The van der Waals surface area contributed by atoms with Gasteiger partial charge in [-0.05, 0) is 50.3 Å². The van der Waals surface area contributed by atoms with Crippen LogP contribution in [0.2, 0.25) is 0 Å². The Morgan fingerprint density at radius 3 is 2.63 bits per heavy atom. The van der Waals surface area contributed by atoms with E-state index in [1.165, 1.54) is 4.90 Å². The van der Waals surface area contributed by atoms with Gasteiger partial charge in [-0.2, -0.15) is 0 Å². The molecule has 2 aromatic carbocycles. The van der Waals surface area contributed by atoms with E-state index >= 15 is 0 Å². The number of esters is 1. The van der Waals surface area contributed by atoms with E-state index in [4.69, 9.17) is 9.47 Å². The molecule has 0 aliphatic carbocycles. The Hall–Kier alpha value is -4.40. The van der Waals surface area contributed by atoms with E-state index in [1.54, 1.807) is 28.7 Å². The van der Waals surface area contributed by atoms with Crippen molar-refractivity contribution in [3.8, 4) is 0 Å². The maximum Gasteiger partial charge on any atom is 0.313 e. The monoisotopic (exact) mass is 776 g/mol. The number of rotatable bonds is 17. The van der Waals surface area contributed by atoms with Gasteiger partial charge >= 0.3 is 5.97 Å². The molecule has 3 amide bonds. The highest BCUT2D eigenvalue weighted by Crippen LogP contribution is 2.60. The summed E-state index contributed by atoms with van der Waals surface area (Å²) in [5.74, 6) is -3.60. The Morgan fingerprint density at radius 1 is 1.15 bits per heavy atom. The molecule has 3 saturated heterocycles. The van der Waals surface area contributed by atoms with E-state index in [1.807, 2.05) is 54.6 Å². The molecule has 3 aliphatic heterocycles. The maximum absolute atomic E-state index is 14.8. The lowest BCUT2D eigenvalue weighted by Gasteiger charge is -2.37. The highest BCUT2D eigenvalue weighted by molar-refractivity contribution is 9.09. The molecule has 0 radical (unpaired) electrons. The first-order valence-corrected chi connectivity index (χ1v) is 18.6. The molecule has 0 saturated carbocycles. The fourth-order valence-electron chi connectivity index (χ4n) is 7.98. The molecule has 1 aromatic heterocycles. The summed E-state index contributed by atoms with van der Waals surface area (Å²) in [5.41, 5.74) is 0.767. The molecule has 8 atom stereocenters. The second-order valence-corrected chi connectivity index (χ2v) is 14.8. The lowest BCUT2D eigenvalue weighted by atomic mass is 9.70. The average molecular weight is 778 g/mol. The number of benzene rings is 2. The van der Waals surface area contributed by atoms with Gasteiger partial charge < -0.3 is 29.7 Å². The molecule has 2 N–H and O–H groups in total. The van der Waals surface area contributed by atoms with Gasteiger partial charge in [0.2, 0.25) is 17.7 Å². The van der Waals surface area contributed by atoms with Crippen LogP contribution in [-0.4, -0.2) is 102 Å². The summed E-state index contributed by atoms with van der Waals surface area (Å²) in [6.45, 7) is 9.65. The van der Waals surface area contributed by atoms with Crippen molar-refractivity contribution >= 4 is 50.7 Å². The fourth-order valence-corrected chi connectivity index (χ4v) is 8.93. The number of nitrogens with one attached hydrogen (secondary N) is 1. The second-order valence-electron chi connectivity index (χ2n) is 13.6. The summed E-state index contributed by atoms with van der Waals surface area (Å²) >= 11 is 3.73. The number of amides is 3. The SMILES string of the molecule is C=CCCC(=O)N[C@H](C)[C@@H](OC(=O)[C@@H]1[C@H]2O[C@@]3(CC2Br)[C@H](C(=O)N(CC=C)Cn2nnc4ccccc42)N(CCCCO)C(=O)[C@@H]13)c1ccccc1. The molecule has 1 unspecified atom stereocenters. The van der Waals surface area contributed by atoms with Crippen LogP contribution in [0.4, 0.5) is 0 Å². The third kappa shape index (κ3) is 7.03. The van der Waals surface area contributed by atoms with Crippen molar-refractivity contribution in [3.63, 3.8) is 0 Å². The molecule has 3 aliphatic rings. The lowest BCUT2D eigenvalue weighted by Crippen LogP contribution is -2.57. The number of unbranched alkanes of at least 4 members (excludes halogenated alkanes) is 1. The Labute approximate surface area is 311 Å². The standard InChI is InChI=1S/C38H45BrN6O7/c1-4-6-18-29(47)40-24(3)32(25-14-8-7-9-15-25)51-37(50)30-31-35(48)44(20-12-13-21-46)34(38(31)22-26(39)33(30)52-38)36(49)43(19-5-2)23-45-28-17-11-10-16-27(28)41-42-45/h4-5,7-11,14-17,24,26,30-34,46H,1-2,6,12-13,18-23H2,3H3,(H,40,47)/t24-,26?,30+,31-,32-,33+,34+,38-/m1/s1. The van der Waals surface area contributed by atoms with Gasteiger partial charge in [-0.25, -0.2) is 4.68 Å². The molecule has 4 heterocycles. The van der Waals surface area contributed by atoms with Crippen molar-refractivity contribution < 1.29 is 33.8 Å². The summed E-state index contributed by atoms with van der Waals surface area (Å²) in [6, 6.07) is 14.9. The van der Waals surface area contributed by atoms with E-state index in [2.05, 4.69) is 44.7 Å². The average Bonchev–Trinajstić information content (AvgIpc) is 3.86. The van der Waals surface area contributed by atoms with Crippen LogP contribution in [0.25, 0.3) is 11.0 Å². The molecule has 276 valence electrons. The minimum atomic E-state index is -1.33. The van der Waals surface area contributed by atoms with Crippen molar-refractivity contribution in [2.45, 2.75) is 80.4 Å². The zero-order chi connectivity index (χ0) is 37.0. The number of halogens is 1. The molecule has 3 aromatic rings. The number of para-hydroxylation sites is 1. The number of hydrogen-bond acceptors (Lipinski definition) is 9. The largest absolute Gasteiger partial charge is 0.455 e. The van der Waals surface area contributed by atoms with Gasteiger partial charge in [-0.1, -0.05) is 75.8 Å². The topological polar surface area (TPSA) is 156 Å². The number of nitrogens with zero attached hydrogens (tertiary/aromatic N) is 5. The van der Waals surface area contributed by atoms with Crippen LogP contribution in [-0.2, 0) is 35.3 Å². The quantitative estimate of drug-likeness (QED) is 0.0904. The van der Waals surface area contributed by atoms with Gasteiger partial charge in [0.15, 0.2) is 0 Å². The van der Waals surface area contributed by atoms with E-state index in [9.17, 15) is 24.3 Å². The van der Waals surface area contributed by atoms with Crippen LogP contribution < -0.4 is 5.32 Å². The summed E-state index contributed by atoms with van der Waals surface area (Å²) in [4.78, 5) is 59.3. The molecule has 6 rings (SSSR count). The van der Waals surface area contributed by atoms with Gasteiger partial charge in [0.25, 0.3) is 0 Å². The van der Waals surface area contributed by atoms with Crippen LogP contribution in [0.3, 0.4) is 0 Å². The third-order valence-corrected chi connectivity index (χ3v) is 11.1. The molecule has 52 heavy (non-hydrogen) atoms. The summed E-state index contributed by atoms with van der Waals surface area (Å²) < 4.78 is 14.6. The molecule has 3 fully saturated rings. The zero-order valence-corrected chi connectivity index (χ0v) is 30.8. The minimum Gasteiger partial charge on any atom is -0.455 e. The first kappa shape index (κ1) is 37.4. The van der Waals surface area contributed by atoms with Crippen molar-refractivity contribution in [1.29, 1.82) is 0 Å². The van der Waals surface area contributed by atoms with Crippen LogP contribution in [0, 0.1) is 11.8 Å². The predicted molar refractivity (Wildman–Crippen MR) is 195 cm³/mol. The molecule has 13 nitrogen and oxygen atoms in total. The third-order valence-electron chi connectivity index (χ3n) is 10.3. The van der Waals surface area contributed by atoms with E-state index in [0.29, 0.717) is 36.8 Å². The van der Waals surface area contributed by atoms with Crippen molar-refractivity contribution in [2.75, 3.05) is 19.7 Å². The molecule has 2 bridgehead atoms. The number of alkyl halides is 1. The number of carbonyl (C=O) groups excluding carboxylic acids is 4. The second kappa shape index (κ2) is 16.1. The molecule has 14 heteroatoms. The fraction of sp³-hybridized carbons (Fsp3) is 0.474. The molecular formula is C38H45BrN6O7. The number of aromatic nitrogens is 3. The van der Waals surface area contributed by atoms with Crippen LogP contribution >= 0.6 is 15.9 Å².